The molecule has 0 amide bonds. The van der Waals surface area contributed by atoms with Crippen molar-refractivity contribution in [3.8, 4) is 0 Å². The van der Waals surface area contributed by atoms with Crippen molar-refractivity contribution in [3.05, 3.63) is 35.9 Å². The first-order valence-corrected chi connectivity index (χ1v) is 7.50. The fourth-order valence-corrected chi connectivity index (χ4v) is 3.89. The van der Waals surface area contributed by atoms with Crippen LogP contribution < -0.4 is 5.73 Å². The van der Waals surface area contributed by atoms with E-state index >= 15 is 0 Å². The number of nitrogens with zero attached hydrogens (tertiary/aromatic N) is 1. The Hall–Kier alpha value is -1.16. The first-order chi connectivity index (χ1) is 8.81. The van der Waals surface area contributed by atoms with Gasteiger partial charge in [-0.2, -0.15) is 11.8 Å². The summed E-state index contributed by atoms with van der Waals surface area (Å²) in [6.45, 7) is 0. The Morgan fingerprint density at radius 1 is 1.33 bits per heavy atom. The van der Waals surface area contributed by atoms with Gasteiger partial charge in [-0.15, -0.1) is 0 Å². The van der Waals surface area contributed by atoms with Crippen molar-refractivity contribution in [3.63, 3.8) is 0 Å². The minimum atomic E-state index is 0.0156. The minimum absolute atomic E-state index is 0.0156. The lowest BCUT2D eigenvalue weighted by Crippen LogP contribution is -2.24. The standard InChI is InChI=1S/C14H20N2OS/c15-14(16-17)13(11-6-2-1-3-7-11)10-18-12-8-4-5-9-12/h1-3,6-7,12-13,17H,4-5,8-10H2,(H2,15,16). The van der Waals surface area contributed by atoms with Gasteiger partial charge in [0.25, 0.3) is 0 Å². The van der Waals surface area contributed by atoms with Gasteiger partial charge in [0.15, 0.2) is 0 Å². The number of benzene rings is 1. The van der Waals surface area contributed by atoms with Crippen molar-refractivity contribution in [1.82, 2.24) is 0 Å². The van der Waals surface area contributed by atoms with E-state index in [9.17, 15) is 0 Å². The van der Waals surface area contributed by atoms with E-state index in [2.05, 4.69) is 5.16 Å². The smallest absolute Gasteiger partial charge is 0.147 e. The monoisotopic (exact) mass is 264 g/mol. The normalized spacial score (nSPS) is 19.0. The molecule has 1 atom stereocenters. The molecule has 2 rings (SSSR count). The summed E-state index contributed by atoms with van der Waals surface area (Å²) in [6, 6.07) is 10.0. The third kappa shape index (κ3) is 3.42. The first kappa shape index (κ1) is 13.3. The molecule has 0 spiro atoms. The predicted octanol–water partition coefficient (Wildman–Crippen LogP) is 3.19. The van der Waals surface area contributed by atoms with Crippen molar-refractivity contribution in [2.24, 2.45) is 10.9 Å². The van der Waals surface area contributed by atoms with Crippen molar-refractivity contribution in [2.45, 2.75) is 36.9 Å². The summed E-state index contributed by atoms with van der Waals surface area (Å²) in [5.41, 5.74) is 6.94. The summed E-state index contributed by atoms with van der Waals surface area (Å²) in [4.78, 5) is 0. The highest BCUT2D eigenvalue weighted by Crippen LogP contribution is 2.32. The van der Waals surface area contributed by atoms with Crippen LogP contribution in [-0.2, 0) is 0 Å². The van der Waals surface area contributed by atoms with Gasteiger partial charge in [-0.25, -0.2) is 0 Å². The summed E-state index contributed by atoms with van der Waals surface area (Å²) >= 11 is 1.96. The Bertz CT molecular complexity index is 388. The Labute approximate surface area is 112 Å². The molecule has 1 aromatic rings. The van der Waals surface area contributed by atoms with Crippen LogP contribution in [0.15, 0.2) is 35.5 Å². The van der Waals surface area contributed by atoms with Crippen LogP contribution >= 0.6 is 11.8 Å². The number of hydrogen-bond donors (Lipinski definition) is 2. The maximum atomic E-state index is 8.91. The number of nitrogens with two attached hydrogens (primary N) is 1. The molecular weight excluding hydrogens is 244 g/mol. The summed E-state index contributed by atoms with van der Waals surface area (Å²) in [5, 5.41) is 12.9. The SMILES string of the molecule is NC(=NO)C(CSC1CCCC1)c1ccccc1. The number of thioether (sulfide) groups is 1. The Balaban J connectivity index is 2.01. The van der Waals surface area contributed by atoms with Gasteiger partial charge < -0.3 is 10.9 Å². The molecule has 1 unspecified atom stereocenters. The van der Waals surface area contributed by atoms with Crippen LogP contribution in [0.5, 0.6) is 0 Å². The zero-order valence-corrected chi connectivity index (χ0v) is 11.3. The van der Waals surface area contributed by atoms with Crippen LogP contribution in [0, 0.1) is 0 Å². The van der Waals surface area contributed by atoms with Crippen molar-refractivity contribution >= 4 is 17.6 Å². The fourth-order valence-electron chi connectivity index (χ4n) is 2.39. The average Bonchev–Trinajstić information content (AvgIpc) is 2.93. The molecule has 1 saturated carbocycles. The van der Waals surface area contributed by atoms with Gasteiger partial charge >= 0.3 is 0 Å². The van der Waals surface area contributed by atoms with Crippen molar-refractivity contribution in [1.29, 1.82) is 0 Å². The van der Waals surface area contributed by atoms with Gasteiger partial charge in [0.1, 0.15) is 5.84 Å². The molecule has 0 aliphatic heterocycles. The topological polar surface area (TPSA) is 58.6 Å². The molecule has 0 saturated heterocycles. The third-order valence-electron chi connectivity index (χ3n) is 3.48. The van der Waals surface area contributed by atoms with Gasteiger partial charge in [-0.3, -0.25) is 0 Å². The second-order valence-electron chi connectivity index (χ2n) is 4.73. The largest absolute Gasteiger partial charge is 0.409 e. The summed E-state index contributed by atoms with van der Waals surface area (Å²) in [6.07, 6.45) is 5.30. The molecule has 98 valence electrons. The molecule has 0 radical (unpaired) electrons. The molecule has 0 heterocycles. The van der Waals surface area contributed by atoms with E-state index in [1.54, 1.807) is 0 Å². The molecule has 0 aromatic heterocycles. The number of oxime groups is 1. The molecule has 3 nitrogen and oxygen atoms in total. The van der Waals surface area contributed by atoms with Crippen LogP contribution in [0.2, 0.25) is 0 Å². The maximum Gasteiger partial charge on any atom is 0.147 e. The fraction of sp³-hybridized carbons (Fsp3) is 0.500. The number of rotatable bonds is 5. The second kappa shape index (κ2) is 6.69. The van der Waals surface area contributed by atoms with Gasteiger partial charge in [0.2, 0.25) is 0 Å². The zero-order chi connectivity index (χ0) is 12.8. The van der Waals surface area contributed by atoms with Crippen LogP contribution in [-0.4, -0.2) is 22.0 Å². The molecule has 3 N–H and O–H groups in total. The van der Waals surface area contributed by atoms with Gasteiger partial charge in [0, 0.05) is 11.0 Å². The highest BCUT2D eigenvalue weighted by Gasteiger charge is 2.21. The zero-order valence-electron chi connectivity index (χ0n) is 10.5. The lowest BCUT2D eigenvalue weighted by Gasteiger charge is -2.17. The van der Waals surface area contributed by atoms with Crippen LogP contribution in [0.25, 0.3) is 0 Å². The van der Waals surface area contributed by atoms with Gasteiger partial charge in [0.05, 0.1) is 5.92 Å². The summed E-state index contributed by atoms with van der Waals surface area (Å²) in [7, 11) is 0. The van der Waals surface area contributed by atoms with E-state index in [1.165, 1.54) is 25.7 Å². The summed E-state index contributed by atoms with van der Waals surface area (Å²) in [5.74, 6) is 1.22. The van der Waals surface area contributed by atoms with Crippen molar-refractivity contribution in [2.75, 3.05) is 5.75 Å². The predicted molar refractivity (Wildman–Crippen MR) is 77.3 cm³/mol. The van der Waals surface area contributed by atoms with E-state index in [0.717, 1.165) is 16.6 Å². The Morgan fingerprint density at radius 2 is 2.00 bits per heavy atom. The number of amidine groups is 1. The minimum Gasteiger partial charge on any atom is -0.409 e. The molecule has 1 aliphatic carbocycles. The van der Waals surface area contributed by atoms with Crippen LogP contribution in [0.3, 0.4) is 0 Å². The first-order valence-electron chi connectivity index (χ1n) is 6.45. The Morgan fingerprint density at radius 3 is 2.61 bits per heavy atom. The third-order valence-corrected chi connectivity index (χ3v) is 4.94. The molecular formula is C14H20N2OS. The second-order valence-corrected chi connectivity index (χ2v) is 6.06. The maximum absolute atomic E-state index is 8.91. The highest BCUT2D eigenvalue weighted by atomic mass is 32.2. The van der Waals surface area contributed by atoms with E-state index in [4.69, 9.17) is 10.9 Å². The highest BCUT2D eigenvalue weighted by molar-refractivity contribution is 7.99. The lowest BCUT2D eigenvalue weighted by atomic mass is 10.0. The molecule has 18 heavy (non-hydrogen) atoms. The molecule has 1 aromatic carbocycles. The molecule has 0 bridgehead atoms. The van der Waals surface area contributed by atoms with E-state index in [1.807, 2.05) is 42.1 Å². The van der Waals surface area contributed by atoms with E-state index in [0.29, 0.717) is 5.84 Å². The Kier molecular flexibility index (Phi) is 4.93. The molecule has 4 heteroatoms. The number of hydrogen-bond acceptors (Lipinski definition) is 3. The lowest BCUT2D eigenvalue weighted by molar-refractivity contribution is 0.316. The van der Waals surface area contributed by atoms with Gasteiger partial charge in [-0.05, 0) is 18.4 Å². The molecule has 1 fully saturated rings. The van der Waals surface area contributed by atoms with Crippen LogP contribution in [0.4, 0.5) is 0 Å². The van der Waals surface area contributed by atoms with E-state index < -0.39 is 0 Å². The average molecular weight is 264 g/mol. The summed E-state index contributed by atoms with van der Waals surface area (Å²) < 4.78 is 0. The van der Waals surface area contributed by atoms with Gasteiger partial charge in [-0.1, -0.05) is 48.3 Å². The van der Waals surface area contributed by atoms with Crippen LogP contribution in [0.1, 0.15) is 37.2 Å². The molecule has 1 aliphatic rings. The quantitative estimate of drug-likeness (QED) is 0.371. The van der Waals surface area contributed by atoms with E-state index in [-0.39, 0.29) is 5.92 Å². The van der Waals surface area contributed by atoms with Crippen molar-refractivity contribution < 1.29 is 5.21 Å².